The summed E-state index contributed by atoms with van der Waals surface area (Å²) in [7, 11) is -3.53. The quantitative estimate of drug-likeness (QED) is 0.783. The molecule has 0 spiro atoms. The summed E-state index contributed by atoms with van der Waals surface area (Å²) in [4.78, 5) is 12.0. The van der Waals surface area contributed by atoms with Gasteiger partial charge in [-0.05, 0) is 37.5 Å². The van der Waals surface area contributed by atoms with Gasteiger partial charge in [-0.25, -0.2) is 8.42 Å². The second kappa shape index (κ2) is 7.79. The fraction of sp³-hybridized carbons (Fsp3) is 0.467. The number of hydrogen-bond acceptors (Lipinski definition) is 4. The molecule has 0 saturated heterocycles. The first-order chi connectivity index (χ1) is 9.90. The first kappa shape index (κ1) is 17.2. The molecule has 0 fully saturated rings. The Morgan fingerprint density at radius 3 is 2.48 bits per heavy atom. The van der Waals surface area contributed by atoms with Gasteiger partial charge < -0.3 is 5.32 Å². The van der Waals surface area contributed by atoms with E-state index in [-0.39, 0.29) is 18.6 Å². The number of sulfone groups is 1. The van der Waals surface area contributed by atoms with Crippen LogP contribution in [0, 0.1) is 11.3 Å². The minimum Gasteiger partial charge on any atom is -0.325 e. The summed E-state index contributed by atoms with van der Waals surface area (Å²) in [5.74, 6) is -0.694. The summed E-state index contributed by atoms with van der Waals surface area (Å²) in [5.41, 5.74) is 1.72. The standard InChI is InChI=1S/C15H20N2O3S/c1-3-13-6-8-14(9-7-13)17-15(18)12(2)21(19,20)11-5-4-10-16/h6-9,12H,3-5,11H2,1-2H3,(H,17,18). The smallest absolute Gasteiger partial charge is 0.242 e. The number of nitriles is 1. The number of nitrogens with one attached hydrogen (secondary N) is 1. The number of anilines is 1. The molecule has 0 aliphatic rings. The van der Waals surface area contributed by atoms with Crippen LogP contribution in [-0.2, 0) is 21.1 Å². The number of carbonyl (C=O) groups is 1. The normalized spacial score (nSPS) is 12.4. The molecule has 114 valence electrons. The average Bonchev–Trinajstić information content (AvgIpc) is 2.47. The van der Waals surface area contributed by atoms with E-state index in [0.717, 1.165) is 12.0 Å². The predicted molar refractivity (Wildman–Crippen MR) is 82.5 cm³/mol. The molecule has 5 nitrogen and oxygen atoms in total. The number of nitrogens with zero attached hydrogens (tertiary/aromatic N) is 1. The highest BCUT2D eigenvalue weighted by atomic mass is 32.2. The predicted octanol–water partition coefficient (Wildman–Crippen LogP) is 2.29. The van der Waals surface area contributed by atoms with Crippen LogP contribution in [0.3, 0.4) is 0 Å². The summed E-state index contributed by atoms with van der Waals surface area (Å²) in [5, 5.41) is 9.91. The topological polar surface area (TPSA) is 87.0 Å². The van der Waals surface area contributed by atoms with E-state index < -0.39 is 21.0 Å². The van der Waals surface area contributed by atoms with Crippen LogP contribution in [0.2, 0.25) is 0 Å². The van der Waals surface area contributed by atoms with Gasteiger partial charge in [0, 0.05) is 12.1 Å². The van der Waals surface area contributed by atoms with Gasteiger partial charge >= 0.3 is 0 Å². The van der Waals surface area contributed by atoms with Crippen molar-refractivity contribution in [3.05, 3.63) is 29.8 Å². The number of hydrogen-bond donors (Lipinski definition) is 1. The van der Waals surface area contributed by atoms with Gasteiger partial charge in [-0.3, -0.25) is 4.79 Å². The highest BCUT2D eigenvalue weighted by Crippen LogP contribution is 2.13. The molecule has 1 unspecified atom stereocenters. The van der Waals surface area contributed by atoms with E-state index >= 15 is 0 Å². The zero-order valence-corrected chi connectivity index (χ0v) is 13.1. The lowest BCUT2D eigenvalue weighted by Gasteiger charge is -2.13. The molecule has 21 heavy (non-hydrogen) atoms. The maximum Gasteiger partial charge on any atom is 0.242 e. The van der Waals surface area contributed by atoms with Crippen LogP contribution in [0.5, 0.6) is 0 Å². The molecule has 1 rings (SSSR count). The highest BCUT2D eigenvalue weighted by Gasteiger charge is 2.27. The second-order valence-electron chi connectivity index (χ2n) is 4.81. The average molecular weight is 308 g/mol. The minimum atomic E-state index is -3.53. The Hall–Kier alpha value is -1.87. The van der Waals surface area contributed by atoms with E-state index in [1.807, 2.05) is 25.1 Å². The Labute approximate surface area is 125 Å². The molecule has 0 saturated carbocycles. The van der Waals surface area contributed by atoms with Crippen molar-refractivity contribution in [2.75, 3.05) is 11.1 Å². The number of unbranched alkanes of at least 4 members (excludes halogenated alkanes) is 1. The van der Waals surface area contributed by atoms with Crippen LogP contribution in [-0.4, -0.2) is 25.3 Å². The van der Waals surface area contributed by atoms with Gasteiger partial charge in [-0.1, -0.05) is 19.1 Å². The molecule has 0 bridgehead atoms. The van der Waals surface area contributed by atoms with Crippen molar-refractivity contribution in [1.29, 1.82) is 5.26 Å². The molecule has 0 aromatic heterocycles. The first-order valence-corrected chi connectivity index (χ1v) is 8.60. The lowest BCUT2D eigenvalue weighted by Crippen LogP contribution is -2.34. The molecule has 0 radical (unpaired) electrons. The van der Waals surface area contributed by atoms with Crippen LogP contribution >= 0.6 is 0 Å². The number of benzene rings is 1. The van der Waals surface area contributed by atoms with E-state index in [1.165, 1.54) is 6.92 Å². The Morgan fingerprint density at radius 1 is 1.33 bits per heavy atom. The van der Waals surface area contributed by atoms with Crippen molar-refractivity contribution in [3.8, 4) is 6.07 Å². The van der Waals surface area contributed by atoms with Crippen LogP contribution in [0.1, 0.15) is 32.3 Å². The van der Waals surface area contributed by atoms with Gasteiger partial charge in [0.05, 0.1) is 11.8 Å². The third-order valence-corrected chi connectivity index (χ3v) is 5.40. The van der Waals surface area contributed by atoms with E-state index in [4.69, 9.17) is 5.26 Å². The first-order valence-electron chi connectivity index (χ1n) is 6.89. The Balaban J connectivity index is 2.67. The number of aryl methyl sites for hydroxylation is 1. The number of carbonyl (C=O) groups excluding carboxylic acids is 1. The maximum atomic E-state index is 12.0. The van der Waals surface area contributed by atoms with E-state index in [1.54, 1.807) is 12.1 Å². The minimum absolute atomic E-state index is 0.149. The fourth-order valence-electron chi connectivity index (χ4n) is 1.76. The molecule has 1 atom stereocenters. The maximum absolute atomic E-state index is 12.0. The molecular formula is C15H20N2O3S. The summed E-state index contributed by atoms with van der Waals surface area (Å²) in [6.07, 6.45) is 1.33. The molecule has 6 heteroatoms. The summed E-state index contributed by atoms with van der Waals surface area (Å²) in [6.45, 7) is 3.40. The van der Waals surface area contributed by atoms with E-state index in [9.17, 15) is 13.2 Å². The number of amides is 1. The second-order valence-corrected chi connectivity index (χ2v) is 7.25. The molecule has 0 aliphatic carbocycles. The van der Waals surface area contributed by atoms with Crippen LogP contribution in [0.25, 0.3) is 0 Å². The Kier molecular flexibility index (Phi) is 6.38. The van der Waals surface area contributed by atoms with Gasteiger partial charge in [-0.2, -0.15) is 5.26 Å². The Bertz CT molecular complexity index is 615. The molecule has 0 aliphatic heterocycles. The molecule has 1 aromatic carbocycles. The molecular weight excluding hydrogens is 288 g/mol. The van der Waals surface area contributed by atoms with E-state index in [2.05, 4.69) is 5.32 Å². The van der Waals surface area contributed by atoms with Crippen LogP contribution in [0.4, 0.5) is 5.69 Å². The fourth-order valence-corrected chi connectivity index (χ4v) is 3.05. The van der Waals surface area contributed by atoms with Gasteiger partial charge in [0.25, 0.3) is 0 Å². The zero-order valence-electron chi connectivity index (χ0n) is 12.3. The largest absolute Gasteiger partial charge is 0.325 e. The lowest BCUT2D eigenvalue weighted by atomic mass is 10.1. The van der Waals surface area contributed by atoms with Crippen molar-refractivity contribution in [2.24, 2.45) is 0 Å². The van der Waals surface area contributed by atoms with Crippen LogP contribution < -0.4 is 5.32 Å². The van der Waals surface area contributed by atoms with Gasteiger partial charge in [-0.15, -0.1) is 0 Å². The molecule has 0 heterocycles. The monoisotopic (exact) mass is 308 g/mol. The lowest BCUT2D eigenvalue weighted by molar-refractivity contribution is -0.115. The van der Waals surface area contributed by atoms with Crippen molar-refractivity contribution in [2.45, 2.75) is 38.4 Å². The molecule has 1 N–H and O–H groups in total. The van der Waals surface area contributed by atoms with Crippen molar-refractivity contribution < 1.29 is 13.2 Å². The summed E-state index contributed by atoms with van der Waals surface area (Å²) < 4.78 is 23.9. The van der Waals surface area contributed by atoms with Crippen molar-refractivity contribution in [3.63, 3.8) is 0 Å². The van der Waals surface area contributed by atoms with E-state index in [0.29, 0.717) is 5.69 Å². The molecule has 1 amide bonds. The molecule has 1 aromatic rings. The van der Waals surface area contributed by atoms with Crippen molar-refractivity contribution >= 4 is 21.4 Å². The zero-order chi connectivity index (χ0) is 15.9. The third-order valence-electron chi connectivity index (χ3n) is 3.26. The third kappa shape index (κ3) is 5.20. The van der Waals surface area contributed by atoms with Crippen molar-refractivity contribution in [1.82, 2.24) is 0 Å². The van der Waals surface area contributed by atoms with Gasteiger partial charge in [0.2, 0.25) is 5.91 Å². The summed E-state index contributed by atoms with van der Waals surface area (Å²) >= 11 is 0. The Morgan fingerprint density at radius 2 is 1.95 bits per heavy atom. The highest BCUT2D eigenvalue weighted by molar-refractivity contribution is 7.92. The SMILES string of the molecule is CCc1ccc(NC(=O)C(C)S(=O)(=O)CCCC#N)cc1. The van der Waals surface area contributed by atoms with Gasteiger partial charge in [0.15, 0.2) is 9.84 Å². The van der Waals surface area contributed by atoms with Gasteiger partial charge in [0.1, 0.15) is 5.25 Å². The number of rotatable bonds is 7. The summed E-state index contributed by atoms with van der Waals surface area (Å²) in [6, 6.07) is 9.19. The van der Waals surface area contributed by atoms with Crippen LogP contribution in [0.15, 0.2) is 24.3 Å².